The Morgan fingerprint density at radius 1 is 1.10 bits per heavy atom. The molecule has 1 N–H and O–H groups in total. The van der Waals surface area contributed by atoms with E-state index in [1.807, 2.05) is 20.8 Å². The minimum atomic E-state index is -0.522. The van der Waals surface area contributed by atoms with Crippen LogP contribution in [0.3, 0.4) is 0 Å². The van der Waals surface area contributed by atoms with Gasteiger partial charge in [-0.1, -0.05) is 12.8 Å². The van der Waals surface area contributed by atoms with Crippen LogP contribution in [0, 0.1) is 0 Å². The summed E-state index contributed by atoms with van der Waals surface area (Å²) in [6.07, 6.45) is 5.72. The van der Waals surface area contributed by atoms with Crippen molar-refractivity contribution in [3.05, 3.63) is 0 Å². The molecule has 0 aromatic rings. The summed E-state index contributed by atoms with van der Waals surface area (Å²) in [4.78, 5) is 26.0. The zero-order valence-corrected chi connectivity index (χ0v) is 12.8. The second kappa shape index (κ2) is 6.02. The quantitative estimate of drug-likeness (QED) is 0.846. The van der Waals surface area contributed by atoms with E-state index in [9.17, 15) is 9.59 Å². The number of amides is 2. The van der Waals surface area contributed by atoms with Crippen molar-refractivity contribution in [2.24, 2.45) is 0 Å². The molecule has 1 aliphatic heterocycles. The Morgan fingerprint density at radius 3 is 2.35 bits per heavy atom. The van der Waals surface area contributed by atoms with Crippen molar-refractivity contribution in [2.45, 2.75) is 77.0 Å². The minimum Gasteiger partial charge on any atom is -0.444 e. The molecule has 2 fully saturated rings. The second-order valence-corrected chi connectivity index (χ2v) is 6.82. The number of likely N-dealkylation sites (tertiary alicyclic amines) is 1. The average Bonchev–Trinajstić information content (AvgIpc) is 2.96. The first-order valence-corrected chi connectivity index (χ1v) is 7.67. The van der Waals surface area contributed by atoms with Gasteiger partial charge in [0.2, 0.25) is 5.91 Å². The molecule has 2 rings (SSSR count). The van der Waals surface area contributed by atoms with Gasteiger partial charge in [-0.3, -0.25) is 9.69 Å². The van der Waals surface area contributed by atoms with Crippen LogP contribution in [0.5, 0.6) is 0 Å². The van der Waals surface area contributed by atoms with Crippen LogP contribution in [0.2, 0.25) is 0 Å². The summed E-state index contributed by atoms with van der Waals surface area (Å²) in [7, 11) is 0. The zero-order chi connectivity index (χ0) is 14.8. The molecule has 0 radical (unpaired) electrons. The van der Waals surface area contributed by atoms with Crippen molar-refractivity contribution in [3.63, 3.8) is 0 Å². The third-order valence-electron chi connectivity index (χ3n) is 3.89. The van der Waals surface area contributed by atoms with Gasteiger partial charge in [-0.25, -0.2) is 4.79 Å². The lowest BCUT2D eigenvalue weighted by molar-refractivity contribution is -0.126. The highest BCUT2D eigenvalue weighted by atomic mass is 16.6. The number of carbonyl (C=O) groups excluding carboxylic acids is 2. The first-order chi connectivity index (χ1) is 9.37. The van der Waals surface area contributed by atoms with Crippen LogP contribution in [0.25, 0.3) is 0 Å². The minimum absolute atomic E-state index is 0.0136. The molecule has 1 heterocycles. The Kier molecular flexibility index (Phi) is 4.55. The van der Waals surface area contributed by atoms with Gasteiger partial charge >= 0.3 is 6.09 Å². The summed E-state index contributed by atoms with van der Waals surface area (Å²) in [5.41, 5.74) is -0.522. The van der Waals surface area contributed by atoms with Gasteiger partial charge in [0.25, 0.3) is 0 Å². The summed E-state index contributed by atoms with van der Waals surface area (Å²) in [6.45, 7) is 6.13. The van der Waals surface area contributed by atoms with Crippen molar-refractivity contribution >= 4 is 12.0 Å². The first kappa shape index (κ1) is 15.1. The second-order valence-electron chi connectivity index (χ2n) is 6.82. The molecule has 0 bridgehead atoms. The van der Waals surface area contributed by atoms with Crippen molar-refractivity contribution in [3.8, 4) is 0 Å². The fourth-order valence-corrected chi connectivity index (χ4v) is 2.95. The normalized spacial score (nSPS) is 23.9. The van der Waals surface area contributed by atoms with E-state index in [0.29, 0.717) is 12.6 Å². The van der Waals surface area contributed by atoms with Gasteiger partial charge in [0.15, 0.2) is 0 Å². The van der Waals surface area contributed by atoms with E-state index in [4.69, 9.17) is 4.74 Å². The summed E-state index contributed by atoms with van der Waals surface area (Å²) >= 11 is 0. The number of nitrogens with zero attached hydrogens (tertiary/aromatic N) is 1. The van der Waals surface area contributed by atoms with E-state index in [1.165, 1.54) is 12.8 Å². The standard InChI is InChI=1S/C15H26N2O3/c1-15(2,3)20-14(19)17-10-6-9-12(17)13(18)16-11-7-4-5-8-11/h11-12H,4-10H2,1-3H3,(H,16,18)/t12-/m0/s1. The van der Waals surface area contributed by atoms with E-state index >= 15 is 0 Å². The highest BCUT2D eigenvalue weighted by Gasteiger charge is 2.37. The number of hydrogen-bond acceptors (Lipinski definition) is 3. The molecule has 0 aromatic heterocycles. The lowest BCUT2D eigenvalue weighted by Crippen LogP contribution is -2.49. The SMILES string of the molecule is CC(C)(C)OC(=O)N1CCC[C@H]1C(=O)NC1CCCC1. The number of hydrogen-bond donors (Lipinski definition) is 1. The molecule has 2 amide bonds. The number of carbonyl (C=O) groups is 2. The number of nitrogens with one attached hydrogen (secondary N) is 1. The van der Waals surface area contributed by atoms with E-state index in [1.54, 1.807) is 4.90 Å². The van der Waals surface area contributed by atoms with Gasteiger partial charge in [0.05, 0.1) is 0 Å². The van der Waals surface area contributed by atoms with E-state index in [0.717, 1.165) is 25.7 Å². The molecule has 0 unspecified atom stereocenters. The molecule has 1 aliphatic carbocycles. The smallest absolute Gasteiger partial charge is 0.410 e. The van der Waals surface area contributed by atoms with E-state index < -0.39 is 5.60 Å². The van der Waals surface area contributed by atoms with Crippen molar-refractivity contribution < 1.29 is 14.3 Å². The Labute approximate surface area is 121 Å². The van der Waals surface area contributed by atoms with Crippen LogP contribution >= 0.6 is 0 Å². The van der Waals surface area contributed by atoms with Crippen LogP contribution in [-0.2, 0) is 9.53 Å². The van der Waals surface area contributed by atoms with Crippen LogP contribution < -0.4 is 5.32 Å². The predicted molar refractivity (Wildman–Crippen MR) is 76.4 cm³/mol. The number of ether oxygens (including phenoxy) is 1. The molecule has 1 saturated carbocycles. The third kappa shape index (κ3) is 3.87. The van der Waals surface area contributed by atoms with Crippen LogP contribution in [-0.4, -0.2) is 41.1 Å². The van der Waals surface area contributed by atoms with Gasteiger partial charge < -0.3 is 10.1 Å². The molecule has 5 nitrogen and oxygen atoms in total. The summed E-state index contributed by atoms with van der Waals surface area (Å²) in [5.74, 6) is -0.0136. The molecule has 1 saturated heterocycles. The molecule has 114 valence electrons. The maximum Gasteiger partial charge on any atom is 0.410 e. The highest BCUT2D eigenvalue weighted by molar-refractivity contribution is 5.86. The van der Waals surface area contributed by atoms with Gasteiger partial charge in [0.1, 0.15) is 11.6 Å². The molecule has 5 heteroatoms. The summed E-state index contributed by atoms with van der Waals surface area (Å²) < 4.78 is 5.38. The Bertz CT molecular complexity index is 370. The lowest BCUT2D eigenvalue weighted by atomic mass is 10.1. The molecule has 0 spiro atoms. The average molecular weight is 282 g/mol. The molecule has 1 atom stereocenters. The van der Waals surface area contributed by atoms with Gasteiger partial charge in [-0.05, 0) is 46.5 Å². The number of rotatable bonds is 2. The Morgan fingerprint density at radius 2 is 1.75 bits per heavy atom. The van der Waals surface area contributed by atoms with Gasteiger partial charge in [0, 0.05) is 12.6 Å². The molecule has 20 heavy (non-hydrogen) atoms. The zero-order valence-electron chi connectivity index (χ0n) is 12.8. The topological polar surface area (TPSA) is 58.6 Å². The van der Waals surface area contributed by atoms with Gasteiger partial charge in [-0.2, -0.15) is 0 Å². The van der Waals surface area contributed by atoms with Crippen LogP contribution in [0.15, 0.2) is 0 Å². The fourth-order valence-electron chi connectivity index (χ4n) is 2.95. The first-order valence-electron chi connectivity index (χ1n) is 7.67. The highest BCUT2D eigenvalue weighted by Crippen LogP contribution is 2.23. The summed E-state index contributed by atoms with van der Waals surface area (Å²) in [6, 6.07) is -0.0611. The molecular weight excluding hydrogens is 256 g/mol. The van der Waals surface area contributed by atoms with Crippen molar-refractivity contribution in [1.82, 2.24) is 10.2 Å². The van der Waals surface area contributed by atoms with Crippen molar-refractivity contribution in [2.75, 3.05) is 6.54 Å². The molecular formula is C15H26N2O3. The summed E-state index contributed by atoms with van der Waals surface area (Å²) in [5, 5.41) is 3.08. The largest absolute Gasteiger partial charge is 0.444 e. The maximum absolute atomic E-state index is 12.3. The predicted octanol–water partition coefficient (Wildman–Crippen LogP) is 2.44. The third-order valence-corrected chi connectivity index (χ3v) is 3.89. The molecule has 0 aromatic carbocycles. The Hall–Kier alpha value is -1.26. The van der Waals surface area contributed by atoms with Crippen molar-refractivity contribution in [1.29, 1.82) is 0 Å². The van der Waals surface area contributed by atoms with Gasteiger partial charge in [-0.15, -0.1) is 0 Å². The van der Waals surface area contributed by atoms with E-state index in [2.05, 4.69) is 5.32 Å². The Balaban J connectivity index is 1.92. The fraction of sp³-hybridized carbons (Fsp3) is 0.867. The lowest BCUT2D eigenvalue weighted by Gasteiger charge is -2.28. The van der Waals surface area contributed by atoms with E-state index in [-0.39, 0.29) is 18.0 Å². The maximum atomic E-state index is 12.3. The molecule has 2 aliphatic rings. The monoisotopic (exact) mass is 282 g/mol. The van der Waals surface area contributed by atoms with Crippen LogP contribution in [0.1, 0.15) is 59.3 Å². The van der Waals surface area contributed by atoms with Crippen LogP contribution in [0.4, 0.5) is 4.79 Å².